The molecule has 0 amide bonds. The van der Waals surface area contributed by atoms with Gasteiger partial charge >= 0.3 is 0 Å². The summed E-state index contributed by atoms with van der Waals surface area (Å²) in [6, 6.07) is 28.6. The van der Waals surface area contributed by atoms with Crippen LogP contribution >= 0.6 is 0 Å². The Morgan fingerprint density at radius 1 is 0.783 bits per heavy atom. The van der Waals surface area contributed by atoms with Gasteiger partial charge in [-0.15, -0.1) is 0 Å². The van der Waals surface area contributed by atoms with Gasteiger partial charge in [0.25, 0.3) is 0 Å². The van der Waals surface area contributed by atoms with E-state index >= 15 is 0 Å². The van der Waals surface area contributed by atoms with Crippen LogP contribution in [0, 0.1) is 5.92 Å². The highest BCUT2D eigenvalue weighted by Crippen LogP contribution is 2.27. The molecule has 46 heavy (non-hydrogen) atoms. The molecule has 3 rings (SSSR count). The van der Waals surface area contributed by atoms with Gasteiger partial charge in [0.15, 0.2) is 9.84 Å². The Kier molecular flexibility index (Phi) is 15.9. The first-order valence-electron chi connectivity index (χ1n) is 16.0. The van der Waals surface area contributed by atoms with Gasteiger partial charge < -0.3 is 14.6 Å². The number of hydrogen-bond donors (Lipinski definition) is 1. The van der Waals surface area contributed by atoms with Crippen molar-refractivity contribution in [2.75, 3.05) is 19.0 Å². The topological polar surface area (TPSA) is 72.8 Å². The molecule has 6 heteroatoms. The largest absolute Gasteiger partial charge is 0.392 e. The van der Waals surface area contributed by atoms with Crippen molar-refractivity contribution in [3.63, 3.8) is 0 Å². The summed E-state index contributed by atoms with van der Waals surface area (Å²) < 4.78 is 39.9. The van der Waals surface area contributed by atoms with Crippen LogP contribution in [0.25, 0.3) is 0 Å². The second-order valence-electron chi connectivity index (χ2n) is 11.9. The molecule has 0 aromatic heterocycles. The maximum atomic E-state index is 13.6. The number of hydrogen-bond acceptors (Lipinski definition) is 5. The van der Waals surface area contributed by atoms with E-state index < -0.39 is 21.9 Å². The monoisotopic (exact) mass is 642 g/mol. The van der Waals surface area contributed by atoms with E-state index in [-0.39, 0.29) is 12.4 Å². The maximum absolute atomic E-state index is 13.6. The fourth-order valence-corrected chi connectivity index (χ4v) is 6.76. The van der Waals surface area contributed by atoms with E-state index in [0.29, 0.717) is 24.7 Å². The van der Waals surface area contributed by atoms with Gasteiger partial charge in [0.1, 0.15) is 0 Å². The van der Waals surface area contributed by atoms with Crippen molar-refractivity contribution in [1.29, 1.82) is 0 Å². The van der Waals surface area contributed by atoms with Crippen molar-refractivity contribution >= 4 is 9.84 Å². The smallest absolute Gasteiger partial charge is 0.179 e. The SMILES string of the molecule is C=C(C)[C@@H](CS(=O)(=O)c1ccccc1)[C@H](/C=C(\CC/C=C(\C)CC/C=C(\C)CO)COCc1ccccc1)OCc1ccccc1. The molecule has 0 spiro atoms. The number of rotatable bonds is 20. The standard InChI is InChI=1S/C40H50O5S/c1-32(2)39(31-46(42,43)38-24-12-7-13-25-38)40(45-30-36-21-10-6-11-22-36)26-37(29-44-28-35-19-8-5-9-20-35)23-15-17-33(3)16-14-18-34(4)27-41/h5-13,17-22,24-26,39-41H,1,14-16,23,27-31H2,2-4H3/b33-17+,34-18+,37-26+/t39-,40+/m1/s1. The van der Waals surface area contributed by atoms with Gasteiger partial charge in [0, 0.05) is 5.92 Å². The molecular weight excluding hydrogens is 593 g/mol. The zero-order valence-electron chi connectivity index (χ0n) is 27.6. The normalized spacial score (nSPS) is 14.2. The van der Waals surface area contributed by atoms with Crippen LogP contribution < -0.4 is 0 Å². The van der Waals surface area contributed by atoms with Crippen molar-refractivity contribution in [2.45, 2.75) is 70.7 Å². The van der Waals surface area contributed by atoms with Crippen LogP contribution in [0.15, 0.2) is 143 Å². The van der Waals surface area contributed by atoms with E-state index in [2.05, 4.69) is 31.7 Å². The first kappa shape index (κ1) is 36.9. The fourth-order valence-electron chi connectivity index (χ4n) is 5.05. The number of sulfone groups is 1. The summed E-state index contributed by atoms with van der Waals surface area (Å²) in [6.07, 6.45) is 9.27. The summed E-state index contributed by atoms with van der Waals surface area (Å²) in [6.45, 7) is 11.5. The Balaban J connectivity index is 1.89. The lowest BCUT2D eigenvalue weighted by atomic mass is 9.94. The average Bonchev–Trinajstić information content (AvgIpc) is 3.06. The zero-order valence-corrected chi connectivity index (χ0v) is 28.4. The lowest BCUT2D eigenvalue weighted by Gasteiger charge is -2.27. The van der Waals surface area contributed by atoms with Crippen molar-refractivity contribution in [3.8, 4) is 0 Å². The van der Waals surface area contributed by atoms with Crippen molar-refractivity contribution in [2.24, 2.45) is 5.92 Å². The number of aliphatic hydroxyl groups excluding tert-OH is 1. The van der Waals surface area contributed by atoms with E-state index in [0.717, 1.165) is 53.5 Å². The fraction of sp³-hybridized carbons (Fsp3) is 0.350. The molecule has 0 aliphatic rings. The molecule has 1 N–H and O–H groups in total. The minimum absolute atomic E-state index is 0.0885. The Hall–Kier alpha value is -3.55. The van der Waals surface area contributed by atoms with Gasteiger partial charge in [0.05, 0.1) is 43.2 Å². The molecule has 0 saturated carbocycles. The van der Waals surface area contributed by atoms with Crippen LogP contribution in [0.4, 0.5) is 0 Å². The van der Waals surface area contributed by atoms with Crippen LogP contribution in [0.1, 0.15) is 57.6 Å². The molecule has 0 fully saturated rings. The van der Waals surface area contributed by atoms with Crippen molar-refractivity contribution in [3.05, 3.63) is 149 Å². The first-order valence-corrected chi connectivity index (χ1v) is 17.6. The molecule has 2 atom stereocenters. The predicted molar refractivity (Wildman–Crippen MR) is 189 cm³/mol. The van der Waals surface area contributed by atoms with E-state index in [1.165, 1.54) is 5.57 Å². The van der Waals surface area contributed by atoms with Gasteiger partial charge in [-0.05, 0) is 75.3 Å². The third kappa shape index (κ3) is 13.4. The number of benzene rings is 3. The molecule has 3 aromatic carbocycles. The second-order valence-corrected chi connectivity index (χ2v) is 14.0. The average molecular weight is 643 g/mol. The second kappa shape index (κ2) is 19.9. The molecule has 0 unspecified atom stereocenters. The van der Waals surface area contributed by atoms with Crippen molar-refractivity contribution in [1.82, 2.24) is 0 Å². The van der Waals surface area contributed by atoms with Gasteiger partial charge in [-0.1, -0.05) is 120 Å². The quantitative estimate of drug-likeness (QED) is 0.125. The molecule has 246 valence electrons. The summed E-state index contributed by atoms with van der Waals surface area (Å²) in [7, 11) is -3.60. The van der Waals surface area contributed by atoms with Crippen LogP contribution in [0.5, 0.6) is 0 Å². The zero-order chi connectivity index (χ0) is 33.2. The first-order chi connectivity index (χ1) is 22.2. The molecule has 0 saturated heterocycles. The number of ether oxygens (including phenoxy) is 2. The molecule has 3 aromatic rings. The lowest BCUT2D eigenvalue weighted by molar-refractivity contribution is 0.0464. The van der Waals surface area contributed by atoms with Crippen LogP contribution in [0.2, 0.25) is 0 Å². The van der Waals surface area contributed by atoms with E-state index in [9.17, 15) is 13.5 Å². The van der Waals surface area contributed by atoms with E-state index in [1.807, 2.05) is 80.6 Å². The third-order valence-corrected chi connectivity index (χ3v) is 9.64. The van der Waals surface area contributed by atoms with Gasteiger partial charge in [0.2, 0.25) is 0 Å². The predicted octanol–water partition coefficient (Wildman–Crippen LogP) is 8.83. The summed E-state index contributed by atoms with van der Waals surface area (Å²) in [4.78, 5) is 0.295. The minimum Gasteiger partial charge on any atom is -0.392 e. The highest BCUT2D eigenvalue weighted by Gasteiger charge is 2.29. The molecule has 0 bridgehead atoms. The van der Waals surface area contributed by atoms with Crippen molar-refractivity contribution < 1.29 is 23.0 Å². The summed E-state index contributed by atoms with van der Waals surface area (Å²) >= 11 is 0. The summed E-state index contributed by atoms with van der Waals surface area (Å²) in [5, 5.41) is 9.26. The highest BCUT2D eigenvalue weighted by molar-refractivity contribution is 7.91. The maximum Gasteiger partial charge on any atom is 0.179 e. The molecule has 0 heterocycles. The molecule has 0 aliphatic carbocycles. The number of aliphatic hydroxyl groups is 1. The number of allylic oxidation sites excluding steroid dienone is 3. The Morgan fingerprint density at radius 3 is 1.91 bits per heavy atom. The Labute approximate surface area is 276 Å². The van der Waals surface area contributed by atoms with Gasteiger partial charge in [-0.25, -0.2) is 8.42 Å². The Bertz CT molecular complexity index is 1520. The molecule has 5 nitrogen and oxygen atoms in total. The molecule has 0 aliphatic heterocycles. The summed E-state index contributed by atoms with van der Waals surface area (Å²) in [5.74, 6) is -0.572. The van der Waals surface area contributed by atoms with Gasteiger partial charge in [-0.2, -0.15) is 0 Å². The van der Waals surface area contributed by atoms with Gasteiger partial charge in [-0.3, -0.25) is 0 Å². The molecule has 0 radical (unpaired) electrons. The van der Waals surface area contributed by atoms with Crippen LogP contribution in [0.3, 0.4) is 0 Å². The van der Waals surface area contributed by atoms with Crippen LogP contribution in [-0.2, 0) is 32.5 Å². The van der Waals surface area contributed by atoms with E-state index in [4.69, 9.17) is 9.47 Å². The highest BCUT2D eigenvalue weighted by atomic mass is 32.2. The lowest BCUT2D eigenvalue weighted by Crippen LogP contribution is -2.30. The Morgan fingerprint density at radius 2 is 1.33 bits per heavy atom. The third-order valence-electron chi connectivity index (χ3n) is 7.85. The molecular formula is C40H50O5S. The van der Waals surface area contributed by atoms with Crippen LogP contribution in [-0.4, -0.2) is 38.6 Å². The van der Waals surface area contributed by atoms with E-state index in [1.54, 1.807) is 24.3 Å². The summed E-state index contributed by atoms with van der Waals surface area (Å²) in [5.41, 5.74) is 6.18. The minimum atomic E-state index is -3.60.